The number of hydrogen-bond acceptors (Lipinski definition) is 1. The van der Waals surface area contributed by atoms with Gasteiger partial charge in [-0.1, -0.05) is 67.9 Å². The van der Waals surface area contributed by atoms with Crippen LogP contribution in [0, 0.1) is 5.92 Å². The van der Waals surface area contributed by atoms with Crippen molar-refractivity contribution in [3.05, 3.63) is 71.3 Å². The first-order chi connectivity index (χ1) is 11.3. The molecule has 0 aliphatic carbocycles. The van der Waals surface area contributed by atoms with Gasteiger partial charge in [-0.2, -0.15) is 0 Å². The Morgan fingerprint density at radius 2 is 1.48 bits per heavy atom. The van der Waals surface area contributed by atoms with Gasteiger partial charge in [0.05, 0.1) is 0 Å². The Balaban J connectivity index is 1.45. The number of hydrogen-bond donors (Lipinski definition) is 0. The van der Waals surface area contributed by atoms with Crippen LogP contribution < -0.4 is 0 Å². The first-order valence-corrected chi connectivity index (χ1v) is 9.17. The summed E-state index contributed by atoms with van der Waals surface area (Å²) in [5.74, 6) is 0.860. The Kier molecular flexibility index (Phi) is 5.87. The van der Waals surface area contributed by atoms with Crippen LogP contribution in [0.5, 0.6) is 0 Å². The molecule has 0 spiro atoms. The smallest absolute Gasteiger partial charge is 0.0233 e. The van der Waals surface area contributed by atoms with Gasteiger partial charge in [-0.05, 0) is 61.4 Å². The van der Waals surface area contributed by atoms with Crippen molar-refractivity contribution in [2.75, 3.05) is 13.1 Å². The fourth-order valence-electron chi connectivity index (χ4n) is 3.65. The summed E-state index contributed by atoms with van der Waals surface area (Å²) < 4.78 is 0. The third-order valence-corrected chi connectivity index (χ3v) is 5.04. The molecule has 0 bridgehead atoms. The van der Waals surface area contributed by atoms with Crippen molar-refractivity contribution in [3.8, 4) is 0 Å². The number of aryl methyl sites for hydroxylation is 1. The van der Waals surface area contributed by atoms with Crippen LogP contribution in [0.4, 0.5) is 0 Å². The minimum Gasteiger partial charge on any atom is -0.299 e. The lowest BCUT2D eigenvalue weighted by Crippen LogP contribution is -2.33. The van der Waals surface area contributed by atoms with E-state index in [2.05, 4.69) is 66.4 Å². The van der Waals surface area contributed by atoms with E-state index in [-0.39, 0.29) is 0 Å². The third-order valence-electron chi connectivity index (χ3n) is 5.04. The summed E-state index contributed by atoms with van der Waals surface area (Å²) in [5.41, 5.74) is 4.44. The zero-order chi connectivity index (χ0) is 15.9. The third kappa shape index (κ3) is 4.94. The summed E-state index contributed by atoms with van der Waals surface area (Å²) in [5, 5.41) is 0. The second kappa shape index (κ2) is 8.31. The van der Waals surface area contributed by atoms with E-state index in [9.17, 15) is 0 Å². The molecule has 0 amide bonds. The molecule has 3 rings (SSSR count). The van der Waals surface area contributed by atoms with Crippen LogP contribution in [-0.4, -0.2) is 18.0 Å². The van der Waals surface area contributed by atoms with Gasteiger partial charge in [0.15, 0.2) is 0 Å². The molecule has 0 aromatic heterocycles. The Morgan fingerprint density at radius 3 is 2.13 bits per heavy atom. The highest BCUT2D eigenvalue weighted by Gasteiger charge is 2.19. The van der Waals surface area contributed by atoms with E-state index in [4.69, 9.17) is 0 Å². The second-order valence-electron chi connectivity index (χ2n) is 6.98. The maximum Gasteiger partial charge on any atom is 0.0233 e. The van der Waals surface area contributed by atoms with Gasteiger partial charge in [0.2, 0.25) is 0 Å². The monoisotopic (exact) mass is 307 g/mol. The van der Waals surface area contributed by atoms with E-state index in [1.54, 1.807) is 0 Å². The minimum absolute atomic E-state index is 0.860. The highest BCUT2D eigenvalue weighted by Crippen LogP contribution is 2.23. The lowest BCUT2D eigenvalue weighted by molar-refractivity contribution is 0.177. The molecule has 0 unspecified atom stereocenters. The summed E-state index contributed by atoms with van der Waals surface area (Å²) >= 11 is 0. The Bertz CT molecular complexity index is 565. The summed E-state index contributed by atoms with van der Waals surface area (Å²) in [6.45, 7) is 5.84. The summed E-state index contributed by atoms with van der Waals surface area (Å²) in [7, 11) is 0. The lowest BCUT2D eigenvalue weighted by Gasteiger charge is -2.32. The van der Waals surface area contributed by atoms with Crippen LogP contribution in [0.1, 0.15) is 42.9 Å². The molecule has 0 atom stereocenters. The molecule has 2 aromatic rings. The van der Waals surface area contributed by atoms with E-state index in [1.165, 1.54) is 61.9 Å². The molecule has 1 aliphatic heterocycles. The maximum atomic E-state index is 2.61. The summed E-state index contributed by atoms with van der Waals surface area (Å²) in [4.78, 5) is 2.61. The quantitative estimate of drug-likeness (QED) is 0.718. The lowest BCUT2D eigenvalue weighted by atomic mass is 9.89. The molecule has 1 fully saturated rings. The SMILES string of the molecule is CCCc1ccc(CC2CCN(Cc3ccccc3)CC2)cc1. The van der Waals surface area contributed by atoms with Crippen molar-refractivity contribution in [1.29, 1.82) is 0 Å². The van der Waals surface area contributed by atoms with Crippen molar-refractivity contribution < 1.29 is 0 Å². The van der Waals surface area contributed by atoms with Crippen LogP contribution in [0.15, 0.2) is 54.6 Å². The average Bonchev–Trinajstić information content (AvgIpc) is 2.60. The van der Waals surface area contributed by atoms with Crippen molar-refractivity contribution in [3.63, 3.8) is 0 Å². The average molecular weight is 307 g/mol. The van der Waals surface area contributed by atoms with Crippen molar-refractivity contribution in [2.45, 2.75) is 45.6 Å². The van der Waals surface area contributed by atoms with Gasteiger partial charge in [0.25, 0.3) is 0 Å². The molecule has 1 heterocycles. The highest BCUT2D eigenvalue weighted by molar-refractivity contribution is 5.23. The number of rotatable bonds is 6. The Morgan fingerprint density at radius 1 is 0.826 bits per heavy atom. The molecule has 122 valence electrons. The predicted molar refractivity (Wildman–Crippen MR) is 98.6 cm³/mol. The number of likely N-dealkylation sites (tertiary alicyclic amines) is 1. The Labute approximate surface area is 141 Å². The molecule has 0 radical (unpaired) electrons. The van der Waals surface area contributed by atoms with Crippen LogP contribution in [0.3, 0.4) is 0 Å². The zero-order valence-corrected chi connectivity index (χ0v) is 14.4. The molecule has 1 aliphatic rings. The van der Waals surface area contributed by atoms with Crippen LogP contribution in [-0.2, 0) is 19.4 Å². The fourth-order valence-corrected chi connectivity index (χ4v) is 3.65. The first-order valence-electron chi connectivity index (χ1n) is 9.17. The maximum absolute atomic E-state index is 2.61. The molecule has 2 aromatic carbocycles. The van der Waals surface area contributed by atoms with Gasteiger partial charge in [0.1, 0.15) is 0 Å². The molecule has 0 saturated carbocycles. The van der Waals surface area contributed by atoms with Gasteiger partial charge in [0, 0.05) is 6.54 Å². The standard InChI is InChI=1S/C22H29N/c1-2-6-19-9-11-20(12-10-19)17-21-13-15-23(16-14-21)18-22-7-4-3-5-8-22/h3-5,7-12,21H,2,6,13-18H2,1H3. The molecule has 1 nitrogen and oxygen atoms in total. The van der Waals surface area contributed by atoms with E-state index in [1.807, 2.05) is 0 Å². The van der Waals surface area contributed by atoms with Gasteiger partial charge in [-0.15, -0.1) is 0 Å². The number of piperidine rings is 1. The van der Waals surface area contributed by atoms with E-state index in [0.717, 1.165) is 12.5 Å². The van der Waals surface area contributed by atoms with E-state index >= 15 is 0 Å². The highest BCUT2D eigenvalue weighted by atomic mass is 15.1. The minimum atomic E-state index is 0.860. The predicted octanol–water partition coefficient (Wildman–Crippen LogP) is 5.09. The molecule has 0 N–H and O–H groups in total. The fraction of sp³-hybridized carbons (Fsp3) is 0.455. The van der Waals surface area contributed by atoms with Crippen molar-refractivity contribution in [2.24, 2.45) is 5.92 Å². The summed E-state index contributed by atoms with van der Waals surface area (Å²) in [6.07, 6.45) is 6.37. The normalized spacial score (nSPS) is 16.6. The van der Waals surface area contributed by atoms with Crippen LogP contribution in [0.25, 0.3) is 0 Å². The van der Waals surface area contributed by atoms with Crippen molar-refractivity contribution >= 4 is 0 Å². The van der Waals surface area contributed by atoms with Gasteiger partial charge < -0.3 is 0 Å². The molecule has 1 saturated heterocycles. The Hall–Kier alpha value is -1.60. The molecular formula is C22H29N. The van der Waals surface area contributed by atoms with Crippen LogP contribution >= 0.6 is 0 Å². The zero-order valence-electron chi connectivity index (χ0n) is 14.4. The van der Waals surface area contributed by atoms with Gasteiger partial charge in [-0.3, -0.25) is 4.90 Å². The molecule has 23 heavy (non-hydrogen) atoms. The van der Waals surface area contributed by atoms with E-state index < -0.39 is 0 Å². The topological polar surface area (TPSA) is 3.24 Å². The van der Waals surface area contributed by atoms with Gasteiger partial charge >= 0.3 is 0 Å². The molecule has 1 heteroatoms. The van der Waals surface area contributed by atoms with Crippen molar-refractivity contribution in [1.82, 2.24) is 4.90 Å². The number of nitrogens with zero attached hydrogens (tertiary/aromatic N) is 1. The second-order valence-corrected chi connectivity index (χ2v) is 6.98. The largest absolute Gasteiger partial charge is 0.299 e. The van der Waals surface area contributed by atoms with E-state index in [0.29, 0.717) is 0 Å². The number of benzene rings is 2. The molecular weight excluding hydrogens is 278 g/mol. The van der Waals surface area contributed by atoms with Crippen LogP contribution in [0.2, 0.25) is 0 Å². The summed E-state index contributed by atoms with van der Waals surface area (Å²) in [6, 6.07) is 20.2. The first kappa shape index (κ1) is 16.3. The van der Waals surface area contributed by atoms with Gasteiger partial charge in [-0.25, -0.2) is 0 Å².